The van der Waals surface area contributed by atoms with Gasteiger partial charge in [0.05, 0.1) is 0 Å². The Balaban J connectivity index is 2.02. The van der Waals surface area contributed by atoms with E-state index in [0.717, 1.165) is 16.9 Å². The highest BCUT2D eigenvalue weighted by Crippen LogP contribution is 2.28. The van der Waals surface area contributed by atoms with E-state index >= 15 is 0 Å². The average molecular weight is 266 g/mol. The lowest BCUT2D eigenvalue weighted by Gasteiger charge is -2.29. The molecule has 5 heteroatoms. The van der Waals surface area contributed by atoms with Crippen LogP contribution in [0, 0.1) is 5.92 Å². The van der Waals surface area contributed by atoms with Gasteiger partial charge in [0.1, 0.15) is 11.6 Å². The smallest absolute Gasteiger partial charge is 0.191 e. The van der Waals surface area contributed by atoms with Gasteiger partial charge < -0.3 is 11.1 Å². The molecule has 1 fully saturated rings. The Kier molecular flexibility index (Phi) is 4.69. The van der Waals surface area contributed by atoms with E-state index < -0.39 is 0 Å². The Hall–Kier alpha value is -0.970. The van der Waals surface area contributed by atoms with Crippen molar-refractivity contribution in [1.82, 2.24) is 9.97 Å². The number of nitrogens with one attached hydrogen (secondary N) is 1. The molecule has 0 aliphatic heterocycles. The van der Waals surface area contributed by atoms with E-state index in [-0.39, 0.29) is 0 Å². The fourth-order valence-corrected chi connectivity index (χ4v) is 3.00. The van der Waals surface area contributed by atoms with E-state index in [1.165, 1.54) is 43.9 Å². The number of hydrogen-bond donors (Lipinski definition) is 2. The summed E-state index contributed by atoms with van der Waals surface area (Å²) < 4.78 is 0. The summed E-state index contributed by atoms with van der Waals surface area (Å²) in [5, 5.41) is 4.25. The minimum Gasteiger partial charge on any atom is -0.383 e. The zero-order valence-corrected chi connectivity index (χ0v) is 12.0. The second-order valence-corrected chi connectivity index (χ2v) is 5.72. The van der Waals surface area contributed by atoms with Crippen LogP contribution in [0.2, 0.25) is 0 Å². The van der Waals surface area contributed by atoms with Gasteiger partial charge in [-0.2, -0.15) is 0 Å². The molecule has 1 aromatic heterocycles. The van der Waals surface area contributed by atoms with Crippen molar-refractivity contribution in [3.8, 4) is 0 Å². The number of nitrogen functional groups attached to an aromatic ring is 1. The third-order valence-corrected chi connectivity index (χ3v) is 4.17. The highest BCUT2D eigenvalue weighted by molar-refractivity contribution is 7.98. The lowest BCUT2D eigenvalue weighted by Crippen LogP contribution is -2.27. The lowest BCUT2D eigenvalue weighted by atomic mass is 9.84. The first-order chi connectivity index (χ1) is 8.71. The molecule has 0 aromatic carbocycles. The first kappa shape index (κ1) is 13.5. The summed E-state index contributed by atoms with van der Waals surface area (Å²) in [6.07, 6.45) is 8.40. The fourth-order valence-electron chi connectivity index (χ4n) is 2.61. The van der Waals surface area contributed by atoms with E-state index in [1.807, 2.05) is 12.3 Å². The van der Waals surface area contributed by atoms with Gasteiger partial charge in [-0.1, -0.05) is 37.9 Å². The second-order valence-electron chi connectivity index (χ2n) is 4.95. The second kappa shape index (κ2) is 6.27. The van der Waals surface area contributed by atoms with Crippen LogP contribution in [0.3, 0.4) is 0 Å². The SMILES string of the molecule is CCC1CCCC(Nc2cc(N)nc(SC)n2)C1. The highest BCUT2D eigenvalue weighted by Gasteiger charge is 2.21. The van der Waals surface area contributed by atoms with E-state index in [4.69, 9.17) is 5.73 Å². The Labute approximate surface area is 113 Å². The van der Waals surface area contributed by atoms with Crippen LogP contribution in [0.4, 0.5) is 11.6 Å². The van der Waals surface area contributed by atoms with E-state index in [9.17, 15) is 0 Å². The van der Waals surface area contributed by atoms with Crippen LogP contribution in [0.5, 0.6) is 0 Å². The number of rotatable bonds is 4. The van der Waals surface area contributed by atoms with Gasteiger partial charge in [0, 0.05) is 12.1 Å². The molecule has 0 bridgehead atoms. The molecule has 2 rings (SSSR count). The Morgan fingerprint density at radius 1 is 1.44 bits per heavy atom. The largest absolute Gasteiger partial charge is 0.383 e. The zero-order valence-electron chi connectivity index (χ0n) is 11.1. The number of nitrogens with zero attached hydrogens (tertiary/aromatic N) is 2. The maximum atomic E-state index is 5.79. The van der Waals surface area contributed by atoms with Gasteiger partial charge in [0.25, 0.3) is 0 Å². The molecule has 3 N–H and O–H groups in total. The molecule has 1 aliphatic rings. The molecule has 1 heterocycles. The summed E-state index contributed by atoms with van der Waals surface area (Å²) in [5.74, 6) is 2.27. The summed E-state index contributed by atoms with van der Waals surface area (Å²) in [4.78, 5) is 8.62. The normalized spacial score (nSPS) is 23.9. The van der Waals surface area contributed by atoms with Crippen LogP contribution in [0.25, 0.3) is 0 Å². The monoisotopic (exact) mass is 266 g/mol. The molecule has 0 amide bonds. The van der Waals surface area contributed by atoms with Crippen molar-refractivity contribution in [2.45, 2.75) is 50.2 Å². The number of hydrogen-bond acceptors (Lipinski definition) is 5. The maximum Gasteiger partial charge on any atom is 0.191 e. The molecule has 2 unspecified atom stereocenters. The van der Waals surface area contributed by atoms with Crippen molar-refractivity contribution >= 4 is 23.4 Å². The number of nitrogens with two attached hydrogens (primary N) is 1. The highest BCUT2D eigenvalue weighted by atomic mass is 32.2. The van der Waals surface area contributed by atoms with E-state index in [1.54, 1.807) is 0 Å². The third kappa shape index (κ3) is 3.51. The van der Waals surface area contributed by atoms with Crippen LogP contribution >= 0.6 is 11.8 Å². The molecular weight excluding hydrogens is 244 g/mol. The molecule has 0 saturated heterocycles. The summed E-state index contributed by atoms with van der Waals surface area (Å²) >= 11 is 1.52. The zero-order chi connectivity index (χ0) is 13.0. The van der Waals surface area contributed by atoms with Crippen LogP contribution in [0.1, 0.15) is 39.0 Å². The topological polar surface area (TPSA) is 63.8 Å². The van der Waals surface area contributed by atoms with Crippen molar-refractivity contribution in [1.29, 1.82) is 0 Å². The fraction of sp³-hybridized carbons (Fsp3) is 0.692. The summed E-state index contributed by atoms with van der Waals surface area (Å²) in [5.41, 5.74) is 5.79. The van der Waals surface area contributed by atoms with Gasteiger partial charge in [0.2, 0.25) is 0 Å². The molecule has 1 aliphatic carbocycles. The molecule has 1 saturated carbocycles. The van der Waals surface area contributed by atoms with Gasteiger partial charge in [-0.3, -0.25) is 0 Å². The number of aromatic nitrogens is 2. The van der Waals surface area contributed by atoms with Crippen LogP contribution in [-0.4, -0.2) is 22.3 Å². The first-order valence-corrected chi connectivity index (χ1v) is 7.88. The molecule has 4 nitrogen and oxygen atoms in total. The van der Waals surface area contributed by atoms with Crippen molar-refractivity contribution in [2.75, 3.05) is 17.3 Å². The van der Waals surface area contributed by atoms with Crippen molar-refractivity contribution in [2.24, 2.45) is 5.92 Å². The number of thioether (sulfide) groups is 1. The Bertz CT molecular complexity index is 397. The van der Waals surface area contributed by atoms with Gasteiger partial charge in [0.15, 0.2) is 5.16 Å². The third-order valence-electron chi connectivity index (χ3n) is 3.62. The summed E-state index contributed by atoms with van der Waals surface area (Å²) in [7, 11) is 0. The maximum absolute atomic E-state index is 5.79. The number of anilines is 2. The van der Waals surface area contributed by atoms with Gasteiger partial charge in [-0.25, -0.2) is 9.97 Å². The first-order valence-electron chi connectivity index (χ1n) is 6.66. The van der Waals surface area contributed by atoms with Gasteiger partial charge >= 0.3 is 0 Å². The average Bonchev–Trinajstić information content (AvgIpc) is 2.38. The minimum atomic E-state index is 0.535. The van der Waals surface area contributed by atoms with Crippen LogP contribution in [0.15, 0.2) is 11.2 Å². The summed E-state index contributed by atoms with van der Waals surface area (Å²) in [6, 6.07) is 2.36. The molecule has 0 radical (unpaired) electrons. The van der Waals surface area contributed by atoms with Gasteiger partial charge in [-0.05, 0) is 25.0 Å². The van der Waals surface area contributed by atoms with Gasteiger partial charge in [-0.15, -0.1) is 0 Å². The van der Waals surface area contributed by atoms with E-state index in [0.29, 0.717) is 11.9 Å². The van der Waals surface area contributed by atoms with Crippen LogP contribution in [-0.2, 0) is 0 Å². The minimum absolute atomic E-state index is 0.535. The molecule has 0 spiro atoms. The molecular formula is C13H22N4S. The van der Waals surface area contributed by atoms with Crippen LogP contribution < -0.4 is 11.1 Å². The van der Waals surface area contributed by atoms with E-state index in [2.05, 4.69) is 22.2 Å². The molecule has 100 valence electrons. The Morgan fingerprint density at radius 3 is 3.00 bits per heavy atom. The quantitative estimate of drug-likeness (QED) is 0.647. The standard InChI is InChI=1S/C13H22N4S/c1-3-9-5-4-6-10(7-9)15-12-8-11(14)16-13(17-12)18-2/h8-10H,3-7H2,1-2H3,(H3,14,15,16,17). The summed E-state index contributed by atoms with van der Waals surface area (Å²) in [6.45, 7) is 2.28. The Morgan fingerprint density at radius 2 is 2.28 bits per heavy atom. The van der Waals surface area contributed by atoms with Crippen molar-refractivity contribution < 1.29 is 0 Å². The van der Waals surface area contributed by atoms with Crippen molar-refractivity contribution in [3.63, 3.8) is 0 Å². The molecule has 2 atom stereocenters. The lowest BCUT2D eigenvalue weighted by molar-refractivity contribution is 0.327. The predicted octanol–water partition coefficient (Wildman–Crippen LogP) is 3.16. The molecule has 1 aromatic rings. The predicted molar refractivity (Wildman–Crippen MR) is 77.9 cm³/mol. The molecule has 18 heavy (non-hydrogen) atoms. The van der Waals surface area contributed by atoms with Crippen molar-refractivity contribution in [3.05, 3.63) is 6.07 Å².